The summed E-state index contributed by atoms with van der Waals surface area (Å²) in [7, 11) is 0. The van der Waals surface area contributed by atoms with Crippen LogP contribution in [0.4, 0.5) is 0 Å². The van der Waals surface area contributed by atoms with Crippen molar-refractivity contribution in [2.24, 2.45) is 5.41 Å². The third-order valence-electron chi connectivity index (χ3n) is 7.68. The second-order valence-electron chi connectivity index (χ2n) is 10.7. The summed E-state index contributed by atoms with van der Waals surface area (Å²) in [5.41, 5.74) is 5.25. The summed E-state index contributed by atoms with van der Waals surface area (Å²) in [6.07, 6.45) is 6.39. The molecule has 1 aliphatic carbocycles. The van der Waals surface area contributed by atoms with Crippen LogP contribution in [0.2, 0.25) is 5.02 Å². The lowest BCUT2D eigenvalue weighted by Gasteiger charge is -2.23. The summed E-state index contributed by atoms with van der Waals surface area (Å²) in [5.74, 6) is -0.268. The largest absolute Gasteiger partial charge is 0.481 e. The van der Waals surface area contributed by atoms with Crippen molar-refractivity contribution in [3.8, 4) is 0 Å². The number of halogens is 1. The highest BCUT2D eigenvalue weighted by Gasteiger charge is 2.45. The van der Waals surface area contributed by atoms with E-state index in [9.17, 15) is 14.7 Å². The highest BCUT2D eigenvalue weighted by molar-refractivity contribution is 7.99. The maximum atomic E-state index is 12.5. The monoisotopic (exact) mass is 569 g/mol. The number of hydrogen-bond acceptors (Lipinski definition) is 5. The zero-order chi connectivity index (χ0) is 27.7. The average molecular weight is 570 g/mol. The van der Waals surface area contributed by atoms with Gasteiger partial charge >= 0.3 is 11.9 Å². The molecule has 1 aromatic heterocycles. The molecule has 5 nitrogen and oxygen atoms in total. The van der Waals surface area contributed by atoms with E-state index in [-0.39, 0.29) is 29.2 Å². The molecule has 1 saturated carbocycles. The van der Waals surface area contributed by atoms with Gasteiger partial charge in [-0.1, -0.05) is 72.3 Å². The molecule has 0 saturated heterocycles. The highest BCUT2D eigenvalue weighted by atomic mass is 35.5. The van der Waals surface area contributed by atoms with Crippen LogP contribution in [0, 0.1) is 5.41 Å². The number of ether oxygens (including phenoxy) is 1. The van der Waals surface area contributed by atoms with Crippen molar-refractivity contribution in [3.05, 3.63) is 112 Å². The van der Waals surface area contributed by atoms with E-state index in [1.165, 1.54) is 0 Å². The number of carboxylic acids is 1. The van der Waals surface area contributed by atoms with E-state index < -0.39 is 5.97 Å². The molecule has 2 aliphatic rings. The normalized spacial score (nSPS) is 18.0. The number of rotatable bonds is 10. The number of carboxylic acid groups (broad SMARTS) is 1. The van der Waals surface area contributed by atoms with Crippen LogP contribution in [0.25, 0.3) is 23.1 Å². The van der Waals surface area contributed by atoms with Gasteiger partial charge in [-0.3, -0.25) is 4.79 Å². The minimum atomic E-state index is -0.745. The molecular formula is C33H28ClNO4S. The molecule has 1 N–H and O–H groups in total. The SMILES string of the molecule is O=C(O)CC1(CS[C@H](C[C@H]2OC(=O)c3ccccc32)c2cccc(C=Cc3ccc4ccc(Cl)cc4n3)c2)CC1. The smallest absolute Gasteiger partial charge is 0.339 e. The highest BCUT2D eigenvalue weighted by Crippen LogP contribution is 2.54. The summed E-state index contributed by atoms with van der Waals surface area (Å²) in [6, 6.07) is 25.6. The number of hydrogen-bond donors (Lipinski definition) is 1. The van der Waals surface area contributed by atoms with E-state index in [2.05, 4.69) is 18.2 Å². The Balaban J connectivity index is 1.25. The fraction of sp³-hybridized carbons (Fsp3) is 0.242. The lowest BCUT2D eigenvalue weighted by molar-refractivity contribution is -0.138. The number of nitrogens with zero attached hydrogens (tertiary/aromatic N) is 1. The van der Waals surface area contributed by atoms with Crippen LogP contribution in [-0.2, 0) is 9.53 Å². The van der Waals surface area contributed by atoms with Gasteiger partial charge in [0.2, 0.25) is 0 Å². The number of esters is 1. The Morgan fingerprint density at radius 3 is 2.73 bits per heavy atom. The second-order valence-corrected chi connectivity index (χ2v) is 12.3. The number of carbonyl (C=O) groups is 2. The number of benzene rings is 3. The fourth-order valence-electron chi connectivity index (χ4n) is 5.28. The molecule has 0 amide bonds. The molecule has 202 valence electrons. The van der Waals surface area contributed by atoms with Crippen molar-refractivity contribution < 1.29 is 19.4 Å². The molecule has 40 heavy (non-hydrogen) atoms. The van der Waals surface area contributed by atoms with E-state index >= 15 is 0 Å². The second kappa shape index (κ2) is 11.1. The molecule has 2 atom stereocenters. The first-order chi connectivity index (χ1) is 19.4. The topological polar surface area (TPSA) is 76.5 Å². The first-order valence-corrected chi connectivity index (χ1v) is 14.8. The Hall–Kier alpha value is -3.61. The zero-order valence-electron chi connectivity index (χ0n) is 21.8. The van der Waals surface area contributed by atoms with Gasteiger partial charge in [-0.2, -0.15) is 11.8 Å². The van der Waals surface area contributed by atoms with E-state index in [1.807, 2.05) is 72.8 Å². The first kappa shape index (κ1) is 26.6. The minimum Gasteiger partial charge on any atom is -0.481 e. The molecule has 2 heterocycles. The van der Waals surface area contributed by atoms with Crippen molar-refractivity contribution in [1.29, 1.82) is 0 Å². The van der Waals surface area contributed by atoms with Crippen LogP contribution in [0.15, 0.2) is 78.9 Å². The summed E-state index contributed by atoms with van der Waals surface area (Å²) in [5, 5.41) is 11.1. The van der Waals surface area contributed by atoms with Crippen LogP contribution in [0.5, 0.6) is 0 Å². The van der Waals surface area contributed by atoms with Gasteiger partial charge in [-0.25, -0.2) is 9.78 Å². The molecular weight excluding hydrogens is 542 g/mol. The molecule has 1 fully saturated rings. The lowest BCUT2D eigenvalue weighted by Crippen LogP contribution is -2.13. The van der Waals surface area contributed by atoms with Gasteiger partial charge in [0, 0.05) is 33.4 Å². The number of cyclic esters (lactones) is 1. The van der Waals surface area contributed by atoms with Gasteiger partial charge in [-0.05, 0) is 59.7 Å². The molecule has 3 aromatic carbocycles. The number of thioether (sulfide) groups is 1. The van der Waals surface area contributed by atoms with Crippen LogP contribution < -0.4 is 0 Å². The van der Waals surface area contributed by atoms with E-state index in [0.29, 0.717) is 17.0 Å². The first-order valence-electron chi connectivity index (χ1n) is 13.4. The van der Waals surface area contributed by atoms with E-state index in [4.69, 9.17) is 21.3 Å². The minimum absolute atomic E-state index is 0.0320. The van der Waals surface area contributed by atoms with Crippen molar-refractivity contribution >= 4 is 58.4 Å². The zero-order valence-corrected chi connectivity index (χ0v) is 23.3. The third-order valence-corrected chi connectivity index (χ3v) is 9.56. The fourth-order valence-corrected chi connectivity index (χ4v) is 7.04. The van der Waals surface area contributed by atoms with E-state index in [0.717, 1.165) is 51.9 Å². The summed E-state index contributed by atoms with van der Waals surface area (Å²) < 4.78 is 5.80. The van der Waals surface area contributed by atoms with Gasteiger partial charge in [0.25, 0.3) is 0 Å². The average Bonchev–Trinajstić information content (AvgIpc) is 3.64. The van der Waals surface area contributed by atoms with Crippen molar-refractivity contribution in [2.45, 2.75) is 37.0 Å². The van der Waals surface area contributed by atoms with Crippen LogP contribution in [0.3, 0.4) is 0 Å². The van der Waals surface area contributed by atoms with Crippen molar-refractivity contribution in [2.75, 3.05) is 5.75 Å². The van der Waals surface area contributed by atoms with Crippen molar-refractivity contribution in [3.63, 3.8) is 0 Å². The Morgan fingerprint density at radius 1 is 1.07 bits per heavy atom. The number of pyridine rings is 1. The molecule has 0 spiro atoms. The third kappa shape index (κ3) is 5.93. The Kier molecular flexibility index (Phi) is 7.39. The maximum Gasteiger partial charge on any atom is 0.339 e. The Morgan fingerprint density at radius 2 is 1.90 bits per heavy atom. The molecule has 6 rings (SSSR count). The predicted octanol–water partition coefficient (Wildman–Crippen LogP) is 8.39. The van der Waals surface area contributed by atoms with Crippen LogP contribution in [-0.4, -0.2) is 27.8 Å². The summed E-state index contributed by atoms with van der Waals surface area (Å²) in [4.78, 5) is 28.7. The van der Waals surface area contributed by atoms with Crippen LogP contribution >= 0.6 is 23.4 Å². The molecule has 0 bridgehead atoms. The maximum absolute atomic E-state index is 12.5. The van der Waals surface area contributed by atoms with Crippen molar-refractivity contribution in [1.82, 2.24) is 4.98 Å². The van der Waals surface area contributed by atoms with Gasteiger partial charge < -0.3 is 9.84 Å². The lowest BCUT2D eigenvalue weighted by atomic mass is 9.98. The molecule has 1 aliphatic heterocycles. The molecule has 0 unspecified atom stereocenters. The molecule has 0 radical (unpaired) electrons. The van der Waals surface area contributed by atoms with E-state index in [1.54, 1.807) is 11.8 Å². The Labute approximate surface area is 242 Å². The number of aromatic nitrogens is 1. The van der Waals surface area contributed by atoms with Gasteiger partial charge in [0.1, 0.15) is 6.10 Å². The number of carbonyl (C=O) groups excluding carboxylic acids is 1. The van der Waals surface area contributed by atoms with Gasteiger partial charge in [0.15, 0.2) is 0 Å². The number of fused-ring (bicyclic) bond motifs is 2. The Bertz CT molecular complexity index is 1630. The standard InChI is InChI=1S/C33H28ClNO4S/c34-24-11-9-22-10-13-25(35-28(22)17-24)12-8-21-4-3-5-23(16-21)30(40-20-33(14-15-33)19-31(36)37)18-29-26-6-1-2-7-27(26)32(38)39-29/h1-13,16-17,29-30H,14-15,18-20H2,(H,36,37)/t29-,30-/m1/s1. The van der Waals surface area contributed by atoms with Gasteiger partial charge in [-0.15, -0.1) is 0 Å². The number of aliphatic carboxylic acids is 1. The quantitative estimate of drug-likeness (QED) is 0.193. The summed E-state index contributed by atoms with van der Waals surface area (Å²) >= 11 is 7.92. The molecule has 7 heteroatoms. The van der Waals surface area contributed by atoms with Gasteiger partial charge in [0.05, 0.1) is 23.2 Å². The molecule has 4 aromatic rings. The summed E-state index contributed by atoms with van der Waals surface area (Å²) in [6.45, 7) is 0. The predicted molar refractivity (Wildman–Crippen MR) is 160 cm³/mol. The van der Waals surface area contributed by atoms with Crippen LogP contribution in [0.1, 0.15) is 69.8 Å².